The molecule has 2 amide bonds. The molecular formula is C18H24N4OS. The minimum absolute atomic E-state index is 0.128. The van der Waals surface area contributed by atoms with E-state index in [0.717, 1.165) is 24.3 Å². The minimum atomic E-state index is -0.128. The lowest BCUT2D eigenvalue weighted by Gasteiger charge is -2.26. The predicted molar refractivity (Wildman–Crippen MR) is 97.1 cm³/mol. The molecule has 128 valence electrons. The lowest BCUT2D eigenvalue weighted by molar-refractivity contribution is 0.222. The molecule has 1 aliphatic heterocycles. The van der Waals surface area contributed by atoms with E-state index >= 15 is 0 Å². The molecule has 3 rings (SSSR count). The number of hydrogen-bond acceptors (Lipinski definition) is 4. The van der Waals surface area contributed by atoms with Crippen molar-refractivity contribution in [2.75, 3.05) is 19.6 Å². The smallest absolute Gasteiger partial charge is 0.315 e. The van der Waals surface area contributed by atoms with Crippen molar-refractivity contribution in [3.05, 3.63) is 52.0 Å². The van der Waals surface area contributed by atoms with Gasteiger partial charge in [-0.1, -0.05) is 12.1 Å². The van der Waals surface area contributed by atoms with Crippen LogP contribution in [-0.4, -0.2) is 35.5 Å². The van der Waals surface area contributed by atoms with Crippen molar-refractivity contribution in [1.82, 2.24) is 20.5 Å². The third-order valence-corrected chi connectivity index (χ3v) is 5.31. The number of thiophene rings is 1. The fourth-order valence-electron chi connectivity index (χ4n) is 2.98. The van der Waals surface area contributed by atoms with Crippen molar-refractivity contribution in [3.8, 4) is 0 Å². The first kappa shape index (κ1) is 16.9. The number of aryl methyl sites for hydroxylation is 1. The van der Waals surface area contributed by atoms with Crippen LogP contribution in [0.5, 0.6) is 0 Å². The van der Waals surface area contributed by atoms with Crippen molar-refractivity contribution >= 4 is 17.4 Å². The van der Waals surface area contributed by atoms with Crippen molar-refractivity contribution < 1.29 is 4.79 Å². The summed E-state index contributed by atoms with van der Waals surface area (Å²) in [7, 11) is 0. The van der Waals surface area contributed by atoms with Crippen molar-refractivity contribution in [2.24, 2.45) is 0 Å². The zero-order valence-corrected chi connectivity index (χ0v) is 14.8. The highest BCUT2D eigenvalue weighted by Gasteiger charge is 2.24. The zero-order chi connectivity index (χ0) is 16.8. The summed E-state index contributed by atoms with van der Waals surface area (Å²) in [5.74, 6) is 0. The third kappa shape index (κ3) is 4.55. The molecule has 0 radical (unpaired) electrons. The number of hydrogen-bond donors (Lipinski definition) is 2. The second-order valence-electron chi connectivity index (χ2n) is 6.15. The lowest BCUT2D eigenvalue weighted by atomic mass is 10.2. The number of urea groups is 1. The second-order valence-corrected chi connectivity index (χ2v) is 7.12. The van der Waals surface area contributed by atoms with Crippen LogP contribution in [-0.2, 0) is 6.54 Å². The van der Waals surface area contributed by atoms with Gasteiger partial charge < -0.3 is 10.6 Å². The van der Waals surface area contributed by atoms with Gasteiger partial charge in [0.25, 0.3) is 0 Å². The van der Waals surface area contributed by atoms with Crippen LogP contribution in [0, 0.1) is 6.92 Å². The van der Waals surface area contributed by atoms with E-state index in [0.29, 0.717) is 13.1 Å². The summed E-state index contributed by atoms with van der Waals surface area (Å²) in [5.41, 5.74) is 1.98. The maximum atomic E-state index is 12.1. The number of aromatic nitrogens is 1. The Labute approximate surface area is 147 Å². The highest BCUT2D eigenvalue weighted by molar-refractivity contribution is 7.10. The molecule has 6 heteroatoms. The SMILES string of the molecule is Cc1ccc(CNC(=O)NCC(c2cccs2)N2CCCC2)cn1. The fraction of sp³-hybridized carbons (Fsp3) is 0.444. The summed E-state index contributed by atoms with van der Waals surface area (Å²) in [6.45, 7) is 5.31. The Hall–Kier alpha value is -1.92. The quantitative estimate of drug-likeness (QED) is 0.847. The van der Waals surface area contributed by atoms with Crippen LogP contribution < -0.4 is 10.6 Å². The van der Waals surface area contributed by atoms with Gasteiger partial charge in [0.05, 0.1) is 6.04 Å². The number of nitrogens with zero attached hydrogens (tertiary/aromatic N) is 2. The molecule has 3 heterocycles. The molecule has 0 spiro atoms. The summed E-state index contributed by atoms with van der Waals surface area (Å²) in [4.78, 5) is 20.1. The molecule has 24 heavy (non-hydrogen) atoms. The van der Waals surface area contributed by atoms with Gasteiger partial charge in [-0.25, -0.2) is 4.79 Å². The molecular weight excluding hydrogens is 320 g/mol. The van der Waals surface area contributed by atoms with E-state index in [9.17, 15) is 4.79 Å². The Kier molecular flexibility index (Phi) is 5.82. The monoisotopic (exact) mass is 344 g/mol. The van der Waals surface area contributed by atoms with Crippen LogP contribution in [0.4, 0.5) is 4.79 Å². The summed E-state index contributed by atoms with van der Waals surface area (Å²) >= 11 is 1.76. The van der Waals surface area contributed by atoms with Gasteiger partial charge in [-0.05, 0) is 55.9 Å². The number of likely N-dealkylation sites (tertiary alicyclic amines) is 1. The van der Waals surface area contributed by atoms with Crippen LogP contribution in [0.15, 0.2) is 35.8 Å². The van der Waals surface area contributed by atoms with Crippen molar-refractivity contribution in [2.45, 2.75) is 32.4 Å². The first-order chi connectivity index (χ1) is 11.7. The molecule has 1 atom stereocenters. The van der Waals surface area contributed by atoms with E-state index in [2.05, 4.69) is 38.0 Å². The second kappa shape index (κ2) is 8.26. The van der Waals surface area contributed by atoms with E-state index in [1.807, 2.05) is 19.1 Å². The van der Waals surface area contributed by atoms with Crippen LogP contribution in [0.1, 0.15) is 35.0 Å². The Bertz CT molecular complexity index is 636. The van der Waals surface area contributed by atoms with Crippen LogP contribution in [0.2, 0.25) is 0 Å². The number of carbonyl (C=O) groups is 1. The molecule has 1 saturated heterocycles. The Morgan fingerprint density at radius 3 is 2.79 bits per heavy atom. The highest BCUT2D eigenvalue weighted by Crippen LogP contribution is 2.27. The van der Waals surface area contributed by atoms with Crippen LogP contribution in [0.25, 0.3) is 0 Å². The van der Waals surface area contributed by atoms with Gasteiger partial charge in [0.1, 0.15) is 0 Å². The number of nitrogens with one attached hydrogen (secondary N) is 2. The topological polar surface area (TPSA) is 57.3 Å². The first-order valence-corrected chi connectivity index (χ1v) is 9.31. The van der Waals surface area contributed by atoms with E-state index in [4.69, 9.17) is 0 Å². The Morgan fingerprint density at radius 1 is 1.29 bits per heavy atom. The molecule has 0 aliphatic carbocycles. The van der Waals surface area contributed by atoms with Crippen LogP contribution >= 0.6 is 11.3 Å². The molecule has 0 saturated carbocycles. The first-order valence-electron chi connectivity index (χ1n) is 8.43. The standard InChI is InChI=1S/C18H24N4OS/c1-14-6-7-15(11-19-14)12-20-18(23)21-13-16(17-5-4-10-24-17)22-8-2-3-9-22/h4-7,10-11,16H,2-3,8-9,12-13H2,1H3,(H2,20,21,23). The van der Waals surface area contributed by atoms with Crippen LogP contribution in [0.3, 0.4) is 0 Å². The van der Waals surface area contributed by atoms with E-state index < -0.39 is 0 Å². The fourth-order valence-corrected chi connectivity index (χ4v) is 3.84. The summed E-state index contributed by atoms with van der Waals surface area (Å²) in [5, 5.41) is 8.03. The predicted octanol–water partition coefficient (Wildman–Crippen LogP) is 3.09. The molecule has 2 N–H and O–H groups in total. The van der Waals surface area contributed by atoms with Gasteiger partial charge in [-0.2, -0.15) is 0 Å². The molecule has 1 fully saturated rings. The molecule has 5 nitrogen and oxygen atoms in total. The van der Waals surface area contributed by atoms with Crippen molar-refractivity contribution in [3.63, 3.8) is 0 Å². The molecule has 0 aromatic carbocycles. The Balaban J connectivity index is 1.50. The summed E-state index contributed by atoms with van der Waals surface area (Å²) in [6.07, 6.45) is 4.29. The number of rotatable bonds is 6. The normalized spacial score (nSPS) is 16.0. The van der Waals surface area contributed by atoms with E-state index in [-0.39, 0.29) is 12.1 Å². The maximum absolute atomic E-state index is 12.1. The molecule has 1 unspecified atom stereocenters. The van der Waals surface area contributed by atoms with Gasteiger partial charge in [0.15, 0.2) is 0 Å². The molecule has 0 bridgehead atoms. The van der Waals surface area contributed by atoms with Gasteiger partial charge in [0, 0.05) is 29.9 Å². The van der Waals surface area contributed by atoms with E-state index in [1.54, 1.807) is 17.5 Å². The van der Waals surface area contributed by atoms with Gasteiger partial charge in [-0.3, -0.25) is 9.88 Å². The zero-order valence-electron chi connectivity index (χ0n) is 14.0. The van der Waals surface area contributed by atoms with Gasteiger partial charge >= 0.3 is 6.03 Å². The average molecular weight is 344 g/mol. The van der Waals surface area contributed by atoms with E-state index in [1.165, 1.54) is 17.7 Å². The number of pyridine rings is 1. The molecule has 2 aromatic rings. The average Bonchev–Trinajstić information content (AvgIpc) is 3.29. The minimum Gasteiger partial charge on any atom is -0.336 e. The van der Waals surface area contributed by atoms with Gasteiger partial charge in [-0.15, -0.1) is 11.3 Å². The maximum Gasteiger partial charge on any atom is 0.315 e. The Morgan fingerprint density at radius 2 is 2.12 bits per heavy atom. The van der Waals surface area contributed by atoms with Gasteiger partial charge in [0.2, 0.25) is 0 Å². The lowest BCUT2D eigenvalue weighted by Crippen LogP contribution is -2.41. The summed E-state index contributed by atoms with van der Waals surface area (Å²) in [6, 6.07) is 8.32. The third-order valence-electron chi connectivity index (χ3n) is 4.33. The van der Waals surface area contributed by atoms with Crippen molar-refractivity contribution in [1.29, 1.82) is 0 Å². The number of carbonyl (C=O) groups excluding carboxylic acids is 1. The summed E-state index contributed by atoms with van der Waals surface area (Å²) < 4.78 is 0. The number of amides is 2. The largest absolute Gasteiger partial charge is 0.336 e. The molecule has 1 aliphatic rings. The molecule has 2 aromatic heterocycles. The highest BCUT2D eigenvalue weighted by atomic mass is 32.1.